The summed E-state index contributed by atoms with van der Waals surface area (Å²) in [6, 6.07) is 0. The Balaban J connectivity index is 1.92. The fraction of sp³-hybridized carbons (Fsp3) is 0.600. The van der Waals surface area contributed by atoms with Crippen LogP contribution in [0.15, 0.2) is 12.4 Å². The molecule has 0 radical (unpaired) electrons. The number of aryl methyl sites for hydroxylation is 1. The van der Waals surface area contributed by atoms with E-state index in [1.54, 1.807) is 6.20 Å². The Labute approximate surface area is 83.3 Å². The molecule has 1 aliphatic rings. The Hall–Kier alpha value is -1.16. The molecule has 0 amide bonds. The van der Waals surface area contributed by atoms with Crippen molar-refractivity contribution in [3.63, 3.8) is 0 Å². The van der Waals surface area contributed by atoms with E-state index in [0.717, 1.165) is 25.2 Å². The number of aromatic nitrogens is 2. The van der Waals surface area contributed by atoms with Crippen LogP contribution in [0, 0.1) is 5.92 Å². The first-order valence-electron chi connectivity index (χ1n) is 5.04. The zero-order valence-electron chi connectivity index (χ0n) is 8.36. The molecular weight excluding hydrogens is 178 g/mol. The lowest BCUT2D eigenvalue weighted by Gasteiger charge is -2.25. The fourth-order valence-electron chi connectivity index (χ4n) is 1.53. The Morgan fingerprint density at radius 1 is 1.71 bits per heavy atom. The van der Waals surface area contributed by atoms with Crippen molar-refractivity contribution in [2.75, 3.05) is 13.1 Å². The van der Waals surface area contributed by atoms with Gasteiger partial charge in [0.25, 0.3) is 0 Å². The number of ketones is 1. The summed E-state index contributed by atoms with van der Waals surface area (Å²) in [5, 5.41) is 7.24. The molecule has 14 heavy (non-hydrogen) atoms. The van der Waals surface area contributed by atoms with Gasteiger partial charge in [0.15, 0.2) is 0 Å². The molecule has 1 aliphatic heterocycles. The van der Waals surface area contributed by atoms with Gasteiger partial charge < -0.3 is 5.32 Å². The first kappa shape index (κ1) is 9.40. The van der Waals surface area contributed by atoms with Gasteiger partial charge in [0, 0.05) is 38.2 Å². The maximum atomic E-state index is 11.6. The third kappa shape index (κ3) is 1.85. The van der Waals surface area contributed by atoms with E-state index in [-0.39, 0.29) is 5.92 Å². The zero-order valence-corrected chi connectivity index (χ0v) is 8.36. The largest absolute Gasteiger partial charge is 0.315 e. The van der Waals surface area contributed by atoms with E-state index >= 15 is 0 Å². The van der Waals surface area contributed by atoms with Crippen LogP contribution < -0.4 is 5.32 Å². The first-order chi connectivity index (χ1) is 6.79. The molecule has 2 heterocycles. The predicted octanol–water partition coefficient (Wildman–Crippen LogP) is 0.234. The maximum Gasteiger partial charge on any atom is 0.142 e. The fourth-order valence-corrected chi connectivity index (χ4v) is 1.53. The van der Waals surface area contributed by atoms with Gasteiger partial charge in [-0.1, -0.05) is 0 Å². The van der Waals surface area contributed by atoms with Gasteiger partial charge in [-0.15, -0.1) is 0 Å². The van der Waals surface area contributed by atoms with E-state index in [4.69, 9.17) is 0 Å². The highest BCUT2D eigenvalue weighted by molar-refractivity contribution is 5.84. The van der Waals surface area contributed by atoms with Gasteiger partial charge in [-0.25, -0.2) is 0 Å². The molecule has 4 heteroatoms. The van der Waals surface area contributed by atoms with Gasteiger partial charge in [-0.2, -0.15) is 5.10 Å². The van der Waals surface area contributed by atoms with Crippen LogP contribution in [-0.2, 0) is 17.8 Å². The summed E-state index contributed by atoms with van der Waals surface area (Å²) in [6.07, 6.45) is 4.27. The molecule has 0 unspecified atom stereocenters. The van der Waals surface area contributed by atoms with E-state index in [1.807, 2.05) is 17.8 Å². The minimum atomic E-state index is 0.236. The number of carbonyl (C=O) groups excluding carboxylic acids is 1. The Morgan fingerprint density at radius 2 is 2.50 bits per heavy atom. The lowest BCUT2D eigenvalue weighted by molar-refractivity contribution is -0.123. The highest BCUT2D eigenvalue weighted by Crippen LogP contribution is 2.09. The lowest BCUT2D eigenvalue weighted by atomic mass is 9.94. The number of carbonyl (C=O) groups is 1. The van der Waals surface area contributed by atoms with Crippen LogP contribution in [0.25, 0.3) is 0 Å². The quantitative estimate of drug-likeness (QED) is 0.744. The number of nitrogens with one attached hydrogen (secondary N) is 1. The monoisotopic (exact) mass is 193 g/mol. The second kappa shape index (κ2) is 3.92. The Kier molecular flexibility index (Phi) is 2.63. The van der Waals surface area contributed by atoms with E-state index in [0.29, 0.717) is 12.2 Å². The van der Waals surface area contributed by atoms with Crippen molar-refractivity contribution >= 4 is 5.78 Å². The number of Topliss-reactive ketones (excluding diaryl/α,β-unsaturated/α-hetero) is 1. The molecule has 0 aromatic carbocycles. The highest BCUT2D eigenvalue weighted by Gasteiger charge is 2.24. The first-order valence-corrected chi connectivity index (χ1v) is 5.04. The van der Waals surface area contributed by atoms with Crippen LogP contribution in [0.2, 0.25) is 0 Å². The number of nitrogens with zero attached hydrogens (tertiary/aromatic N) is 2. The van der Waals surface area contributed by atoms with Gasteiger partial charge in [0.2, 0.25) is 0 Å². The molecule has 1 aromatic heterocycles. The smallest absolute Gasteiger partial charge is 0.142 e. The standard InChI is InChI=1S/C10H15N3O/c1-2-13-7-8(4-12-13)3-10(14)9-5-11-6-9/h4,7,9,11H,2-3,5-6H2,1H3. The molecule has 1 N–H and O–H groups in total. The Morgan fingerprint density at radius 3 is 3.00 bits per heavy atom. The SMILES string of the molecule is CCn1cc(CC(=O)C2CNC2)cn1. The molecule has 0 atom stereocenters. The van der Waals surface area contributed by atoms with E-state index in [1.165, 1.54) is 0 Å². The number of rotatable bonds is 4. The molecule has 76 valence electrons. The summed E-state index contributed by atoms with van der Waals surface area (Å²) < 4.78 is 1.85. The average molecular weight is 193 g/mol. The average Bonchev–Trinajstić information content (AvgIpc) is 2.48. The van der Waals surface area contributed by atoms with Gasteiger partial charge in [-0.3, -0.25) is 9.48 Å². The summed E-state index contributed by atoms with van der Waals surface area (Å²) >= 11 is 0. The van der Waals surface area contributed by atoms with Crippen molar-refractivity contribution in [3.05, 3.63) is 18.0 Å². The van der Waals surface area contributed by atoms with Crippen LogP contribution in [-0.4, -0.2) is 28.7 Å². The highest BCUT2D eigenvalue weighted by atomic mass is 16.1. The number of hydrogen-bond acceptors (Lipinski definition) is 3. The normalized spacial score (nSPS) is 16.6. The second-order valence-corrected chi connectivity index (χ2v) is 3.70. The lowest BCUT2D eigenvalue weighted by Crippen LogP contribution is -2.47. The van der Waals surface area contributed by atoms with E-state index in [9.17, 15) is 4.79 Å². The number of hydrogen-bond donors (Lipinski definition) is 1. The van der Waals surface area contributed by atoms with Gasteiger partial charge >= 0.3 is 0 Å². The summed E-state index contributed by atoms with van der Waals surface area (Å²) in [5.74, 6) is 0.569. The third-order valence-electron chi connectivity index (χ3n) is 2.63. The van der Waals surface area contributed by atoms with Crippen molar-refractivity contribution in [2.24, 2.45) is 5.92 Å². The summed E-state index contributed by atoms with van der Waals surface area (Å²) in [4.78, 5) is 11.6. The van der Waals surface area contributed by atoms with Crippen molar-refractivity contribution in [3.8, 4) is 0 Å². The van der Waals surface area contributed by atoms with Crippen molar-refractivity contribution in [1.29, 1.82) is 0 Å². The molecule has 4 nitrogen and oxygen atoms in total. The Bertz CT molecular complexity index is 328. The van der Waals surface area contributed by atoms with Crippen LogP contribution in [0.1, 0.15) is 12.5 Å². The van der Waals surface area contributed by atoms with Crippen LogP contribution in [0.3, 0.4) is 0 Å². The van der Waals surface area contributed by atoms with Crippen molar-refractivity contribution in [1.82, 2.24) is 15.1 Å². The second-order valence-electron chi connectivity index (χ2n) is 3.70. The molecule has 0 spiro atoms. The maximum absolute atomic E-state index is 11.6. The van der Waals surface area contributed by atoms with E-state index < -0.39 is 0 Å². The van der Waals surface area contributed by atoms with Crippen LogP contribution >= 0.6 is 0 Å². The summed E-state index contributed by atoms with van der Waals surface area (Å²) in [7, 11) is 0. The van der Waals surface area contributed by atoms with Gasteiger partial charge in [-0.05, 0) is 12.5 Å². The molecule has 0 saturated carbocycles. The van der Waals surface area contributed by atoms with Crippen molar-refractivity contribution < 1.29 is 4.79 Å². The molecule has 1 fully saturated rings. The summed E-state index contributed by atoms with van der Waals surface area (Å²) in [6.45, 7) is 4.59. The molecular formula is C10H15N3O. The molecule has 1 aromatic rings. The molecule has 0 aliphatic carbocycles. The minimum Gasteiger partial charge on any atom is -0.315 e. The molecule has 0 bridgehead atoms. The van der Waals surface area contributed by atoms with Gasteiger partial charge in [0.05, 0.1) is 6.20 Å². The molecule has 2 rings (SSSR count). The minimum absolute atomic E-state index is 0.236. The topological polar surface area (TPSA) is 46.9 Å². The van der Waals surface area contributed by atoms with Gasteiger partial charge in [0.1, 0.15) is 5.78 Å². The van der Waals surface area contributed by atoms with Crippen LogP contribution in [0.5, 0.6) is 0 Å². The van der Waals surface area contributed by atoms with Crippen molar-refractivity contribution in [2.45, 2.75) is 19.9 Å². The zero-order chi connectivity index (χ0) is 9.97. The predicted molar refractivity (Wildman–Crippen MR) is 53.0 cm³/mol. The van der Waals surface area contributed by atoms with E-state index in [2.05, 4.69) is 10.4 Å². The van der Waals surface area contributed by atoms with Crippen LogP contribution in [0.4, 0.5) is 0 Å². The summed E-state index contributed by atoms with van der Waals surface area (Å²) in [5.41, 5.74) is 1.03. The third-order valence-corrected chi connectivity index (χ3v) is 2.63. The molecule has 1 saturated heterocycles.